The maximum absolute atomic E-state index is 5.84. The lowest BCUT2D eigenvalue weighted by atomic mass is 10.4. The summed E-state index contributed by atoms with van der Waals surface area (Å²) in [5.74, 6) is 0. The van der Waals surface area contributed by atoms with Crippen molar-refractivity contribution < 1.29 is 0 Å². The van der Waals surface area contributed by atoms with E-state index < -0.39 is 0 Å². The Kier molecular flexibility index (Phi) is 4.35. The summed E-state index contributed by atoms with van der Waals surface area (Å²) in [7, 11) is 0. The fraction of sp³-hybridized carbons (Fsp3) is 0. The highest BCUT2D eigenvalue weighted by Gasteiger charge is 2.11. The largest absolute Gasteiger partial charge is 0.237 e. The quantitative estimate of drug-likeness (QED) is 0.584. The van der Waals surface area contributed by atoms with Gasteiger partial charge in [-0.3, -0.25) is 0 Å². The molecule has 3 nitrogen and oxygen atoms in total. The zero-order valence-electron chi connectivity index (χ0n) is 9.96. The molecule has 3 rings (SSSR count). The van der Waals surface area contributed by atoms with Gasteiger partial charge in [-0.25, -0.2) is 15.0 Å². The van der Waals surface area contributed by atoms with Crippen LogP contribution in [0.3, 0.4) is 0 Å². The van der Waals surface area contributed by atoms with E-state index in [1.807, 2.05) is 18.2 Å². The molecule has 0 saturated carbocycles. The average Bonchev–Trinajstić information content (AvgIpc) is 2.91. The zero-order valence-corrected chi connectivity index (χ0v) is 13.9. The molecule has 0 atom stereocenters. The third kappa shape index (κ3) is 3.20. The number of hydrogen-bond donors (Lipinski definition) is 0. The van der Waals surface area contributed by atoms with Gasteiger partial charge in [-0.05, 0) is 39.7 Å². The number of halogens is 2. The summed E-state index contributed by atoms with van der Waals surface area (Å²) in [6.45, 7) is 0. The Morgan fingerprint density at radius 1 is 1.10 bits per heavy atom. The summed E-state index contributed by atoms with van der Waals surface area (Å²) in [6, 6.07) is 10.1. The fourth-order valence-corrected chi connectivity index (χ4v) is 4.17. The molecule has 7 heteroatoms. The van der Waals surface area contributed by atoms with Gasteiger partial charge in [0.15, 0.2) is 4.34 Å². The van der Waals surface area contributed by atoms with E-state index in [-0.39, 0.29) is 5.28 Å². The molecule has 2 aromatic heterocycles. The lowest BCUT2D eigenvalue weighted by Gasteiger charge is -1.99. The summed E-state index contributed by atoms with van der Waals surface area (Å²) in [5.41, 5.74) is 0.766. The van der Waals surface area contributed by atoms with Crippen LogP contribution in [0.5, 0.6) is 0 Å². The number of benzene rings is 1. The van der Waals surface area contributed by atoms with Crippen LogP contribution in [0, 0.1) is 0 Å². The Hall–Kier alpha value is -0.950. The normalized spacial score (nSPS) is 10.7. The summed E-state index contributed by atoms with van der Waals surface area (Å²) < 4.78 is 1.77. The smallest absolute Gasteiger partial charge is 0.222 e. The lowest BCUT2D eigenvalue weighted by molar-refractivity contribution is 1.16. The highest BCUT2D eigenvalue weighted by Crippen LogP contribution is 2.37. The second-order valence-corrected chi connectivity index (χ2v) is 7.28. The molecule has 0 aliphatic carbocycles. The Balaban J connectivity index is 1.88. The van der Waals surface area contributed by atoms with Crippen LogP contribution in [0.25, 0.3) is 10.6 Å². The molecule has 0 amide bonds. The molecule has 1 aromatic carbocycles. The van der Waals surface area contributed by atoms with Gasteiger partial charge in [0.25, 0.3) is 0 Å². The van der Waals surface area contributed by atoms with Gasteiger partial charge in [-0.15, -0.1) is 11.3 Å². The Morgan fingerprint density at radius 3 is 2.70 bits per heavy atom. The van der Waals surface area contributed by atoms with Crippen molar-refractivity contribution in [2.75, 3.05) is 0 Å². The summed E-state index contributed by atoms with van der Waals surface area (Å²) >= 11 is 12.5. The second kappa shape index (κ2) is 6.22. The van der Waals surface area contributed by atoms with E-state index in [9.17, 15) is 0 Å². The Labute approximate surface area is 137 Å². The standard InChI is InChI=1S/C13H7BrClN3S2/c14-9-6-16-12(15)18-11(9)10-7-17-13(20-10)19-8-4-2-1-3-5-8/h1-7H. The molecule has 0 fully saturated rings. The van der Waals surface area contributed by atoms with Crippen molar-refractivity contribution in [2.45, 2.75) is 9.24 Å². The first-order valence-corrected chi connectivity index (χ1v) is 8.40. The van der Waals surface area contributed by atoms with E-state index in [0.29, 0.717) is 0 Å². The first-order chi connectivity index (χ1) is 9.72. The van der Waals surface area contributed by atoms with Gasteiger partial charge in [-0.1, -0.05) is 30.0 Å². The molecule has 20 heavy (non-hydrogen) atoms. The van der Waals surface area contributed by atoms with Crippen molar-refractivity contribution in [2.24, 2.45) is 0 Å². The minimum Gasteiger partial charge on any atom is -0.237 e. The Morgan fingerprint density at radius 2 is 1.90 bits per heavy atom. The lowest BCUT2D eigenvalue weighted by Crippen LogP contribution is -1.86. The third-order valence-corrected chi connectivity index (χ3v) is 5.23. The van der Waals surface area contributed by atoms with E-state index in [4.69, 9.17) is 11.6 Å². The van der Waals surface area contributed by atoms with Crippen LogP contribution in [0.2, 0.25) is 5.28 Å². The third-order valence-electron chi connectivity index (χ3n) is 2.38. The zero-order chi connectivity index (χ0) is 13.9. The maximum atomic E-state index is 5.84. The molecule has 3 aromatic rings. The predicted molar refractivity (Wildman–Crippen MR) is 86.4 cm³/mol. The monoisotopic (exact) mass is 383 g/mol. The first-order valence-electron chi connectivity index (χ1n) is 5.59. The summed E-state index contributed by atoms with van der Waals surface area (Å²) in [6.07, 6.45) is 3.45. The minimum absolute atomic E-state index is 0.230. The van der Waals surface area contributed by atoms with Crippen molar-refractivity contribution in [1.29, 1.82) is 0 Å². The number of rotatable bonds is 3. The summed E-state index contributed by atoms with van der Waals surface area (Å²) in [5, 5.41) is 0.230. The van der Waals surface area contributed by atoms with E-state index in [0.717, 1.165) is 24.3 Å². The van der Waals surface area contributed by atoms with Crippen molar-refractivity contribution in [3.05, 3.63) is 52.5 Å². The molecule has 0 N–H and O–H groups in total. The molecule has 0 saturated heterocycles. The molecular formula is C13H7BrClN3S2. The van der Waals surface area contributed by atoms with E-state index >= 15 is 0 Å². The molecule has 0 unspecified atom stereocenters. The highest BCUT2D eigenvalue weighted by atomic mass is 79.9. The fourth-order valence-electron chi connectivity index (χ4n) is 1.52. The minimum atomic E-state index is 0.230. The van der Waals surface area contributed by atoms with Crippen LogP contribution in [-0.2, 0) is 0 Å². The van der Waals surface area contributed by atoms with Gasteiger partial charge in [0.05, 0.1) is 9.35 Å². The van der Waals surface area contributed by atoms with Gasteiger partial charge in [0.2, 0.25) is 5.28 Å². The van der Waals surface area contributed by atoms with Crippen molar-refractivity contribution in [1.82, 2.24) is 15.0 Å². The van der Waals surface area contributed by atoms with E-state index in [1.165, 1.54) is 0 Å². The number of aromatic nitrogens is 3. The molecule has 0 aliphatic heterocycles. The maximum Gasteiger partial charge on any atom is 0.222 e. The average molecular weight is 385 g/mol. The van der Waals surface area contributed by atoms with Gasteiger partial charge in [0.1, 0.15) is 5.69 Å². The highest BCUT2D eigenvalue weighted by molar-refractivity contribution is 9.10. The van der Waals surface area contributed by atoms with Crippen LogP contribution >= 0.6 is 50.6 Å². The second-order valence-electron chi connectivity index (χ2n) is 3.74. The van der Waals surface area contributed by atoms with Crippen molar-refractivity contribution >= 4 is 50.6 Å². The Bertz CT molecular complexity index is 733. The number of nitrogens with zero attached hydrogens (tertiary/aromatic N) is 3. The molecule has 100 valence electrons. The van der Waals surface area contributed by atoms with Crippen LogP contribution in [0.4, 0.5) is 0 Å². The van der Waals surface area contributed by atoms with E-state index in [2.05, 4.69) is 43.0 Å². The molecule has 0 aliphatic rings. The van der Waals surface area contributed by atoms with Gasteiger partial charge in [-0.2, -0.15) is 0 Å². The first kappa shape index (κ1) is 14.0. The topological polar surface area (TPSA) is 38.7 Å². The van der Waals surface area contributed by atoms with Crippen LogP contribution < -0.4 is 0 Å². The predicted octanol–water partition coefficient (Wildman–Crippen LogP) is 5.17. The number of hydrogen-bond acceptors (Lipinski definition) is 5. The van der Waals surface area contributed by atoms with Crippen molar-refractivity contribution in [3.8, 4) is 10.6 Å². The van der Waals surface area contributed by atoms with Crippen LogP contribution in [-0.4, -0.2) is 15.0 Å². The van der Waals surface area contributed by atoms with Gasteiger partial charge in [0, 0.05) is 17.3 Å². The van der Waals surface area contributed by atoms with Gasteiger partial charge >= 0.3 is 0 Å². The van der Waals surface area contributed by atoms with E-state index in [1.54, 1.807) is 35.5 Å². The van der Waals surface area contributed by atoms with Crippen LogP contribution in [0.1, 0.15) is 0 Å². The number of thiazole rings is 1. The molecular weight excluding hydrogens is 378 g/mol. The molecule has 2 heterocycles. The molecule has 0 bridgehead atoms. The van der Waals surface area contributed by atoms with Crippen molar-refractivity contribution in [3.63, 3.8) is 0 Å². The molecule has 0 radical (unpaired) electrons. The summed E-state index contributed by atoms with van der Waals surface area (Å²) in [4.78, 5) is 14.7. The SMILES string of the molecule is Clc1ncc(Br)c(-c2cnc(Sc3ccccc3)s2)n1. The van der Waals surface area contributed by atoms with Gasteiger partial charge < -0.3 is 0 Å². The van der Waals surface area contributed by atoms with Crippen LogP contribution in [0.15, 0.2) is 56.4 Å². The molecule has 0 spiro atoms.